The van der Waals surface area contributed by atoms with Gasteiger partial charge in [0.1, 0.15) is 0 Å². The number of nitrogens with one attached hydrogen (secondary N) is 1. The van der Waals surface area contributed by atoms with E-state index in [0.29, 0.717) is 13.0 Å². The summed E-state index contributed by atoms with van der Waals surface area (Å²) in [7, 11) is 0. The summed E-state index contributed by atoms with van der Waals surface area (Å²) in [6.45, 7) is 5.65. The monoisotopic (exact) mass is 237 g/mol. The van der Waals surface area contributed by atoms with E-state index in [9.17, 15) is 4.79 Å². The molecule has 96 valence electrons. The molecule has 0 aromatic carbocycles. The quantitative estimate of drug-likeness (QED) is 0.705. The van der Waals surface area contributed by atoms with Crippen LogP contribution in [-0.4, -0.2) is 22.2 Å². The summed E-state index contributed by atoms with van der Waals surface area (Å²) in [5.41, 5.74) is 1.10. The molecular formula is C13H23N3O. The van der Waals surface area contributed by atoms with Gasteiger partial charge in [0.05, 0.1) is 0 Å². The molecule has 0 aliphatic heterocycles. The Balaban J connectivity index is 2.07. The third-order valence-corrected chi connectivity index (χ3v) is 2.83. The highest BCUT2D eigenvalue weighted by atomic mass is 16.1. The molecule has 0 aliphatic rings. The Kier molecular flexibility index (Phi) is 6.37. The molecule has 1 heterocycles. The van der Waals surface area contributed by atoms with Crippen LogP contribution in [0.5, 0.6) is 0 Å². The fourth-order valence-corrected chi connectivity index (χ4v) is 1.71. The third-order valence-electron chi connectivity index (χ3n) is 2.83. The minimum atomic E-state index is 0.122. The van der Waals surface area contributed by atoms with Crippen LogP contribution in [0.25, 0.3) is 0 Å². The van der Waals surface area contributed by atoms with Crippen molar-refractivity contribution >= 4 is 5.91 Å². The van der Waals surface area contributed by atoms with Gasteiger partial charge in [0.15, 0.2) is 0 Å². The molecule has 4 nitrogen and oxygen atoms in total. The molecule has 0 radical (unpaired) electrons. The van der Waals surface area contributed by atoms with E-state index in [2.05, 4.69) is 17.3 Å². The van der Waals surface area contributed by atoms with Crippen molar-refractivity contribution in [2.45, 2.75) is 52.5 Å². The molecule has 0 fully saturated rings. The molecule has 1 amide bonds. The molecule has 0 saturated carbocycles. The van der Waals surface area contributed by atoms with E-state index in [1.165, 1.54) is 19.3 Å². The maximum Gasteiger partial charge on any atom is 0.221 e. The number of amides is 1. The highest BCUT2D eigenvalue weighted by Crippen LogP contribution is 1.99. The van der Waals surface area contributed by atoms with Crippen LogP contribution in [0.4, 0.5) is 0 Å². The molecule has 1 N–H and O–H groups in total. The Bertz CT molecular complexity index is 333. The van der Waals surface area contributed by atoms with Crippen molar-refractivity contribution in [3.05, 3.63) is 18.0 Å². The zero-order valence-corrected chi connectivity index (χ0v) is 10.9. The fraction of sp³-hybridized carbons (Fsp3) is 0.692. The van der Waals surface area contributed by atoms with E-state index in [0.717, 1.165) is 18.7 Å². The molecule has 0 bridgehead atoms. The van der Waals surface area contributed by atoms with Crippen LogP contribution in [0, 0.1) is 6.92 Å². The van der Waals surface area contributed by atoms with E-state index < -0.39 is 0 Å². The lowest BCUT2D eigenvalue weighted by molar-refractivity contribution is -0.121. The summed E-state index contributed by atoms with van der Waals surface area (Å²) < 4.78 is 1.86. The predicted molar refractivity (Wildman–Crippen MR) is 68.7 cm³/mol. The molecule has 0 aliphatic carbocycles. The average molecular weight is 237 g/mol. The number of hydrogen-bond acceptors (Lipinski definition) is 2. The number of aryl methyl sites for hydroxylation is 2. The fourth-order valence-electron chi connectivity index (χ4n) is 1.71. The van der Waals surface area contributed by atoms with Crippen molar-refractivity contribution in [1.82, 2.24) is 15.1 Å². The van der Waals surface area contributed by atoms with Crippen molar-refractivity contribution in [2.24, 2.45) is 0 Å². The van der Waals surface area contributed by atoms with Gasteiger partial charge in [-0.1, -0.05) is 26.2 Å². The number of rotatable bonds is 8. The maximum atomic E-state index is 11.5. The summed E-state index contributed by atoms with van der Waals surface area (Å²) in [5, 5.41) is 7.09. The van der Waals surface area contributed by atoms with Gasteiger partial charge in [0.2, 0.25) is 5.91 Å². The van der Waals surface area contributed by atoms with E-state index >= 15 is 0 Å². The second kappa shape index (κ2) is 7.87. The molecule has 0 unspecified atom stereocenters. The minimum Gasteiger partial charge on any atom is -0.356 e. The molecule has 0 saturated heterocycles. The number of carbonyl (C=O) groups excluding carboxylic acids is 1. The van der Waals surface area contributed by atoms with Crippen LogP contribution in [0.3, 0.4) is 0 Å². The molecule has 1 rings (SSSR count). The van der Waals surface area contributed by atoms with Gasteiger partial charge in [-0.3, -0.25) is 9.48 Å². The minimum absolute atomic E-state index is 0.122. The second-order valence-electron chi connectivity index (χ2n) is 4.36. The summed E-state index contributed by atoms with van der Waals surface area (Å²) in [4.78, 5) is 11.5. The van der Waals surface area contributed by atoms with Crippen LogP contribution in [0.1, 0.15) is 44.7 Å². The summed E-state index contributed by atoms with van der Waals surface area (Å²) in [6.07, 6.45) is 7.04. The van der Waals surface area contributed by atoms with Crippen molar-refractivity contribution in [3.63, 3.8) is 0 Å². The number of nitrogens with zero attached hydrogens (tertiary/aromatic N) is 2. The van der Waals surface area contributed by atoms with Gasteiger partial charge >= 0.3 is 0 Å². The van der Waals surface area contributed by atoms with Crippen molar-refractivity contribution in [1.29, 1.82) is 0 Å². The lowest BCUT2D eigenvalue weighted by Crippen LogP contribution is -2.25. The number of unbranched alkanes of at least 4 members (excludes halogenated alkanes) is 3. The van der Waals surface area contributed by atoms with Gasteiger partial charge in [-0.2, -0.15) is 5.10 Å². The van der Waals surface area contributed by atoms with Crippen LogP contribution in [0.2, 0.25) is 0 Å². The van der Waals surface area contributed by atoms with Gasteiger partial charge < -0.3 is 5.32 Å². The van der Waals surface area contributed by atoms with Gasteiger partial charge in [-0.15, -0.1) is 0 Å². The summed E-state index contributed by atoms with van der Waals surface area (Å²) in [5.74, 6) is 0.122. The normalized spacial score (nSPS) is 10.5. The van der Waals surface area contributed by atoms with Gasteiger partial charge in [0.25, 0.3) is 0 Å². The largest absolute Gasteiger partial charge is 0.356 e. The lowest BCUT2D eigenvalue weighted by Gasteiger charge is -2.06. The molecular weight excluding hydrogens is 214 g/mol. The Morgan fingerprint density at radius 3 is 2.88 bits per heavy atom. The second-order valence-corrected chi connectivity index (χ2v) is 4.36. The molecule has 0 spiro atoms. The molecule has 4 heteroatoms. The molecule has 17 heavy (non-hydrogen) atoms. The first-order valence-electron chi connectivity index (χ1n) is 6.49. The number of carbonyl (C=O) groups is 1. The number of hydrogen-bond donors (Lipinski definition) is 1. The van der Waals surface area contributed by atoms with Crippen LogP contribution in [0.15, 0.2) is 12.3 Å². The van der Waals surface area contributed by atoms with E-state index in [4.69, 9.17) is 0 Å². The van der Waals surface area contributed by atoms with E-state index in [1.54, 1.807) is 6.20 Å². The SMILES string of the molecule is CCCCCCNC(=O)CCn1nccc1C. The van der Waals surface area contributed by atoms with Crippen molar-refractivity contribution in [2.75, 3.05) is 6.54 Å². The van der Waals surface area contributed by atoms with Crippen molar-refractivity contribution in [3.8, 4) is 0 Å². The van der Waals surface area contributed by atoms with Crippen LogP contribution >= 0.6 is 0 Å². The Morgan fingerprint density at radius 1 is 1.41 bits per heavy atom. The lowest BCUT2D eigenvalue weighted by atomic mass is 10.2. The number of aromatic nitrogens is 2. The van der Waals surface area contributed by atoms with E-state index in [-0.39, 0.29) is 5.91 Å². The average Bonchev–Trinajstić information content (AvgIpc) is 2.72. The van der Waals surface area contributed by atoms with Gasteiger partial charge in [0, 0.05) is 31.4 Å². The highest BCUT2D eigenvalue weighted by molar-refractivity contribution is 5.75. The van der Waals surface area contributed by atoms with Gasteiger partial charge in [-0.25, -0.2) is 0 Å². The Labute approximate surface area is 103 Å². The molecule has 0 atom stereocenters. The smallest absolute Gasteiger partial charge is 0.221 e. The standard InChI is InChI=1S/C13H23N3O/c1-3-4-5-6-9-14-13(17)8-11-16-12(2)7-10-15-16/h7,10H,3-6,8-9,11H2,1-2H3,(H,14,17). The topological polar surface area (TPSA) is 46.9 Å². The molecule has 1 aromatic rings. The predicted octanol–water partition coefficient (Wildman–Crippen LogP) is 2.28. The Hall–Kier alpha value is -1.32. The van der Waals surface area contributed by atoms with Crippen LogP contribution in [-0.2, 0) is 11.3 Å². The maximum absolute atomic E-state index is 11.5. The first-order valence-corrected chi connectivity index (χ1v) is 6.49. The first kappa shape index (κ1) is 13.7. The zero-order chi connectivity index (χ0) is 12.5. The first-order chi connectivity index (χ1) is 8.24. The summed E-state index contributed by atoms with van der Waals surface area (Å²) in [6, 6.07) is 1.95. The highest BCUT2D eigenvalue weighted by Gasteiger charge is 2.02. The third kappa shape index (κ3) is 5.52. The summed E-state index contributed by atoms with van der Waals surface area (Å²) >= 11 is 0. The molecule has 1 aromatic heterocycles. The van der Waals surface area contributed by atoms with Crippen LogP contribution < -0.4 is 5.32 Å². The zero-order valence-electron chi connectivity index (χ0n) is 10.9. The van der Waals surface area contributed by atoms with Crippen molar-refractivity contribution < 1.29 is 4.79 Å². The Morgan fingerprint density at radius 2 is 2.24 bits per heavy atom. The van der Waals surface area contributed by atoms with Gasteiger partial charge in [-0.05, 0) is 19.4 Å². The van der Waals surface area contributed by atoms with E-state index in [1.807, 2.05) is 17.7 Å².